The summed E-state index contributed by atoms with van der Waals surface area (Å²) in [5, 5.41) is 2.54. The summed E-state index contributed by atoms with van der Waals surface area (Å²) < 4.78 is 0. The Hall–Kier alpha value is -5.40. The lowest BCUT2D eigenvalue weighted by Gasteiger charge is -2.54. The minimum absolute atomic E-state index is 0.138. The molecule has 0 aliphatic heterocycles. The van der Waals surface area contributed by atoms with E-state index in [4.69, 9.17) is 0 Å². The summed E-state index contributed by atoms with van der Waals surface area (Å²) in [5.74, 6) is 3.09. The molecule has 3 aliphatic rings. The van der Waals surface area contributed by atoms with Gasteiger partial charge >= 0.3 is 0 Å². The van der Waals surface area contributed by atoms with E-state index < -0.39 is 0 Å². The fourth-order valence-electron chi connectivity index (χ4n) is 10.9. The first-order chi connectivity index (χ1) is 25.6. The Morgan fingerprint density at radius 2 is 1.02 bits per heavy atom. The number of fused-ring (bicyclic) bond motifs is 9. The molecule has 2 bridgehead atoms. The largest absolute Gasteiger partial charge is 0.311 e. The maximum absolute atomic E-state index is 2.56. The van der Waals surface area contributed by atoms with Crippen molar-refractivity contribution in [3.63, 3.8) is 0 Å². The fraction of sp³-hybridized carbons (Fsp3) is 0.216. The molecule has 1 heteroatoms. The second-order valence-electron chi connectivity index (χ2n) is 16.0. The van der Waals surface area contributed by atoms with E-state index in [1.807, 2.05) is 0 Å². The van der Waals surface area contributed by atoms with Crippen molar-refractivity contribution in [1.82, 2.24) is 0 Å². The Labute approximate surface area is 308 Å². The van der Waals surface area contributed by atoms with E-state index in [1.165, 1.54) is 69.8 Å². The maximum Gasteiger partial charge on any atom is 0.0462 e. The van der Waals surface area contributed by atoms with Gasteiger partial charge in [-0.2, -0.15) is 0 Å². The number of anilines is 3. The van der Waals surface area contributed by atoms with Crippen molar-refractivity contribution in [2.45, 2.75) is 44.9 Å². The molecule has 2 saturated carbocycles. The molecule has 7 aromatic carbocycles. The number of hydrogen-bond acceptors (Lipinski definition) is 1. The summed E-state index contributed by atoms with van der Waals surface area (Å²) in [6.45, 7) is 5.06. The zero-order chi connectivity index (χ0) is 34.8. The Bertz CT molecular complexity index is 2400. The lowest BCUT2D eigenvalue weighted by molar-refractivity contribution is 0.0426. The molecule has 10 rings (SSSR count). The highest BCUT2D eigenvalue weighted by Gasteiger charge is 2.56. The van der Waals surface area contributed by atoms with Gasteiger partial charge in [-0.15, -0.1) is 0 Å². The molecule has 3 aliphatic carbocycles. The van der Waals surface area contributed by atoms with Gasteiger partial charge in [-0.1, -0.05) is 129 Å². The predicted molar refractivity (Wildman–Crippen MR) is 219 cm³/mol. The third-order valence-electron chi connectivity index (χ3n) is 13.0. The number of hydrogen-bond donors (Lipinski definition) is 0. The van der Waals surface area contributed by atoms with Crippen molar-refractivity contribution in [2.24, 2.45) is 23.7 Å². The van der Waals surface area contributed by atoms with E-state index in [2.05, 4.69) is 183 Å². The van der Waals surface area contributed by atoms with E-state index in [1.54, 1.807) is 11.1 Å². The van der Waals surface area contributed by atoms with Crippen LogP contribution in [0.4, 0.5) is 17.1 Å². The molecule has 5 atom stereocenters. The van der Waals surface area contributed by atoms with Crippen LogP contribution in [0.1, 0.15) is 50.7 Å². The van der Waals surface area contributed by atoms with Crippen LogP contribution in [0.15, 0.2) is 164 Å². The van der Waals surface area contributed by atoms with Gasteiger partial charge in [0.15, 0.2) is 0 Å². The Balaban J connectivity index is 0.998. The molecule has 52 heavy (non-hydrogen) atoms. The van der Waals surface area contributed by atoms with Gasteiger partial charge in [0.05, 0.1) is 0 Å². The van der Waals surface area contributed by atoms with Gasteiger partial charge in [-0.3, -0.25) is 0 Å². The van der Waals surface area contributed by atoms with Crippen LogP contribution in [0, 0.1) is 23.7 Å². The maximum atomic E-state index is 2.56. The summed E-state index contributed by atoms with van der Waals surface area (Å²) in [7, 11) is 0. The normalized spacial score (nSPS) is 23.0. The Morgan fingerprint density at radius 1 is 0.442 bits per heavy atom. The highest BCUT2D eigenvalue weighted by atomic mass is 15.1. The van der Waals surface area contributed by atoms with Crippen LogP contribution < -0.4 is 4.90 Å². The van der Waals surface area contributed by atoms with E-state index in [9.17, 15) is 0 Å². The summed E-state index contributed by atoms with van der Waals surface area (Å²) >= 11 is 0. The minimum Gasteiger partial charge on any atom is -0.311 e. The van der Waals surface area contributed by atoms with Crippen molar-refractivity contribution < 1.29 is 0 Å². The van der Waals surface area contributed by atoms with Gasteiger partial charge in [-0.25, -0.2) is 0 Å². The molecule has 0 radical (unpaired) electrons. The van der Waals surface area contributed by atoms with E-state index >= 15 is 0 Å². The first-order valence-corrected chi connectivity index (χ1v) is 19.4. The van der Waals surface area contributed by atoms with Crippen molar-refractivity contribution >= 4 is 27.8 Å². The highest BCUT2D eigenvalue weighted by molar-refractivity contribution is 5.89. The molecule has 0 N–H and O–H groups in total. The van der Waals surface area contributed by atoms with E-state index in [-0.39, 0.29) is 5.41 Å². The van der Waals surface area contributed by atoms with Gasteiger partial charge in [0.2, 0.25) is 0 Å². The Kier molecular flexibility index (Phi) is 7.46. The van der Waals surface area contributed by atoms with Crippen LogP contribution in [0.2, 0.25) is 0 Å². The average molecular weight is 672 g/mol. The molecular weight excluding hydrogens is 627 g/mol. The molecule has 0 saturated heterocycles. The van der Waals surface area contributed by atoms with Crippen LogP contribution in [0.3, 0.4) is 0 Å². The second-order valence-corrected chi connectivity index (χ2v) is 16.0. The third kappa shape index (κ3) is 4.97. The smallest absolute Gasteiger partial charge is 0.0462 e. The fourth-order valence-corrected chi connectivity index (χ4v) is 10.9. The van der Waals surface area contributed by atoms with Crippen LogP contribution in [0.25, 0.3) is 44.2 Å². The van der Waals surface area contributed by atoms with Crippen molar-refractivity contribution in [3.05, 3.63) is 175 Å². The molecule has 0 aromatic heterocycles. The molecule has 0 amide bonds. The minimum atomic E-state index is 0.138. The second kappa shape index (κ2) is 12.4. The molecule has 0 heterocycles. The number of benzene rings is 7. The molecule has 5 unspecified atom stereocenters. The van der Waals surface area contributed by atoms with Crippen LogP contribution in [-0.4, -0.2) is 0 Å². The Morgan fingerprint density at radius 3 is 1.77 bits per heavy atom. The monoisotopic (exact) mass is 671 g/mol. The average Bonchev–Trinajstić information content (AvgIpc) is 3.48. The topological polar surface area (TPSA) is 3.24 Å². The zero-order valence-corrected chi connectivity index (χ0v) is 30.2. The number of nitrogens with zero attached hydrogens (tertiary/aromatic N) is 1. The van der Waals surface area contributed by atoms with Crippen LogP contribution >= 0.6 is 0 Å². The zero-order valence-electron chi connectivity index (χ0n) is 30.2. The quantitative estimate of drug-likeness (QED) is 0.176. The van der Waals surface area contributed by atoms with E-state index in [0.717, 1.165) is 34.8 Å². The predicted octanol–water partition coefficient (Wildman–Crippen LogP) is 14.0. The first kappa shape index (κ1) is 31.3. The third-order valence-corrected chi connectivity index (χ3v) is 13.0. The number of para-hydroxylation sites is 1. The lowest BCUT2D eigenvalue weighted by atomic mass is 9.49. The summed E-state index contributed by atoms with van der Waals surface area (Å²) in [5.41, 5.74) is 14.7. The summed E-state index contributed by atoms with van der Waals surface area (Å²) in [6, 6.07) is 61.0. The summed E-state index contributed by atoms with van der Waals surface area (Å²) in [6.07, 6.45) is 5.50. The molecular formula is C51H45N. The lowest BCUT2D eigenvalue weighted by Crippen LogP contribution is -2.49. The van der Waals surface area contributed by atoms with Gasteiger partial charge in [-0.05, 0) is 153 Å². The molecule has 7 aromatic rings. The van der Waals surface area contributed by atoms with Gasteiger partial charge in [0.1, 0.15) is 0 Å². The van der Waals surface area contributed by atoms with Crippen molar-refractivity contribution in [3.8, 4) is 33.4 Å². The SMILES string of the molecule is CC1CC2CC(C)C3(c4ccccc4-c4cc(-c5ccc(N(c6ccccc6)c6ccc(-c7ccc8ccccc8c7)cc6)cc5)ccc43)C(C1)C2. The van der Waals surface area contributed by atoms with Gasteiger partial charge in [0, 0.05) is 22.5 Å². The molecule has 1 nitrogen and oxygen atoms in total. The van der Waals surface area contributed by atoms with Crippen molar-refractivity contribution in [1.29, 1.82) is 0 Å². The van der Waals surface area contributed by atoms with Gasteiger partial charge in [0.25, 0.3) is 0 Å². The first-order valence-electron chi connectivity index (χ1n) is 19.4. The van der Waals surface area contributed by atoms with E-state index in [0.29, 0.717) is 5.92 Å². The van der Waals surface area contributed by atoms with Crippen LogP contribution in [-0.2, 0) is 5.41 Å². The summed E-state index contributed by atoms with van der Waals surface area (Å²) in [4.78, 5) is 2.36. The highest BCUT2D eigenvalue weighted by Crippen LogP contribution is 2.64. The molecule has 1 spiro atoms. The van der Waals surface area contributed by atoms with Crippen LogP contribution in [0.5, 0.6) is 0 Å². The number of rotatable bonds is 5. The molecule has 254 valence electrons. The molecule has 2 fully saturated rings. The van der Waals surface area contributed by atoms with Gasteiger partial charge < -0.3 is 4.90 Å². The van der Waals surface area contributed by atoms with Crippen molar-refractivity contribution in [2.75, 3.05) is 4.90 Å². The standard InChI is InChI=1S/C51H45N/c1-34-28-36-30-35(2)51(43(29-34)31-36)49-15-9-8-14-47(49)48-33-42(22-27-50(48)51)39-20-25-46(26-21-39)52(44-12-4-3-5-13-44)45-23-18-38(19-24-45)41-17-16-37-10-6-7-11-40(37)32-41/h3-27,32-36,43H,28-31H2,1-2H3.